The summed E-state index contributed by atoms with van der Waals surface area (Å²) in [5.74, 6) is 1.01. The van der Waals surface area contributed by atoms with Gasteiger partial charge in [0.15, 0.2) is 5.82 Å². The van der Waals surface area contributed by atoms with Gasteiger partial charge in [-0.25, -0.2) is 4.98 Å². The molecule has 1 saturated heterocycles. The highest BCUT2D eigenvalue weighted by Crippen LogP contribution is 2.22. The van der Waals surface area contributed by atoms with Crippen LogP contribution in [0.3, 0.4) is 0 Å². The minimum atomic E-state index is -0.237. The second-order valence-electron chi connectivity index (χ2n) is 6.21. The molecule has 0 radical (unpaired) electrons. The molecule has 0 bridgehead atoms. The molecule has 19 heavy (non-hydrogen) atoms. The topological polar surface area (TPSA) is 58.4 Å². The standard InChI is InChI=1S/C14H23N3O2/c1-14(2,3)17-8-6-15-12(13(17)19)16-7-4-11(10-16)5-9-18/h6,8,11,18H,4-5,7,9-10H2,1-3H3. The number of aliphatic hydroxyl groups excluding tert-OH is 1. The predicted octanol–water partition coefficient (Wildman–Crippen LogP) is 1.21. The van der Waals surface area contributed by atoms with Crippen LogP contribution >= 0.6 is 0 Å². The maximum atomic E-state index is 12.5. The summed E-state index contributed by atoms with van der Waals surface area (Å²) in [6.07, 6.45) is 5.26. The molecule has 1 unspecified atom stereocenters. The Morgan fingerprint density at radius 2 is 2.21 bits per heavy atom. The monoisotopic (exact) mass is 265 g/mol. The first-order chi connectivity index (χ1) is 8.93. The fourth-order valence-corrected chi connectivity index (χ4v) is 2.59. The minimum Gasteiger partial charge on any atom is -0.396 e. The van der Waals surface area contributed by atoms with E-state index in [0.29, 0.717) is 11.7 Å². The lowest BCUT2D eigenvalue weighted by Crippen LogP contribution is -2.38. The van der Waals surface area contributed by atoms with E-state index in [0.717, 1.165) is 25.9 Å². The molecule has 2 heterocycles. The number of aromatic nitrogens is 2. The molecule has 5 nitrogen and oxygen atoms in total. The Morgan fingerprint density at radius 1 is 1.47 bits per heavy atom. The molecular weight excluding hydrogens is 242 g/mol. The van der Waals surface area contributed by atoms with E-state index in [1.165, 1.54) is 0 Å². The third-order valence-corrected chi connectivity index (χ3v) is 3.67. The Bertz CT molecular complexity index is 490. The van der Waals surface area contributed by atoms with Crippen LogP contribution in [0.5, 0.6) is 0 Å². The summed E-state index contributed by atoms with van der Waals surface area (Å²) in [4.78, 5) is 18.8. The van der Waals surface area contributed by atoms with E-state index >= 15 is 0 Å². The molecule has 0 spiro atoms. The number of nitrogens with zero attached hydrogens (tertiary/aromatic N) is 3. The van der Waals surface area contributed by atoms with Crippen molar-refractivity contribution < 1.29 is 5.11 Å². The largest absolute Gasteiger partial charge is 0.396 e. The van der Waals surface area contributed by atoms with Crippen LogP contribution in [0.1, 0.15) is 33.6 Å². The van der Waals surface area contributed by atoms with Gasteiger partial charge in [-0.2, -0.15) is 0 Å². The minimum absolute atomic E-state index is 0.0281. The summed E-state index contributed by atoms with van der Waals surface area (Å²) in [5, 5.41) is 8.99. The molecule has 0 aromatic carbocycles. The van der Waals surface area contributed by atoms with Crippen molar-refractivity contribution >= 4 is 5.82 Å². The normalized spacial score (nSPS) is 20.0. The summed E-state index contributed by atoms with van der Waals surface area (Å²) in [7, 11) is 0. The molecular formula is C14H23N3O2. The van der Waals surface area contributed by atoms with Gasteiger partial charge in [-0.3, -0.25) is 4.79 Å². The first kappa shape index (κ1) is 14.1. The van der Waals surface area contributed by atoms with Crippen molar-refractivity contribution in [2.45, 2.75) is 39.2 Å². The Morgan fingerprint density at radius 3 is 2.84 bits per heavy atom. The number of rotatable bonds is 3. The average molecular weight is 265 g/mol. The summed E-state index contributed by atoms with van der Waals surface area (Å²) in [6, 6.07) is 0. The van der Waals surface area contributed by atoms with Gasteiger partial charge in [0.2, 0.25) is 0 Å². The van der Waals surface area contributed by atoms with Crippen molar-refractivity contribution in [3.8, 4) is 0 Å². The van der Waals surface area contributed by atoms with E-state index in [-0.39, 0.29) is 17.7 Å². The molecule has 0 aliphatic carbocycles. The van der Waals surface area contributed by atoms with Gasteiger partial charge in [0.25, 0.3) is 5.56 Å². The van der Waals surface area contributed by atoms with Crippen molar-refractivity contribution in [1.82, 2.24) is 9.55 Å². The zero-order chi connectivity index (χ0) is 14.0. The van der Waals surface area contributed by atoms with E-state index in [9.17, 15) is 4.79 Å². The Hall–Kier alpha value is -1.36. The highest BCUT2D eigenvalue weighted by molar-refractivity contribution is 5.37. The Labute approximate surface area is 113 Å². The summed E-state index contributed by atoms with van der Waals surface area (Å²) in [6.45, 7) is 7.91. The maximum absolute atomic E-state index is 12.5. The number of hydrogen-bond acceptors (Lipinski definition) is 4. The lowest BCUT2D eigenvalue weighted by molar-refractivity contribution is 0.263. The van der Waals surface area contributed by atoms with Gasteiger partial charge >= 0.3 is 0 Å². The fourth-order valence-electron chi connectivity index (χ4n) is 2.59. The molecule has 1 aromatic rings. The lowest BCUT2D eigenvalue weighted by Gasteiger charge is -2.24. The van der Waals surface area contributed by atoms with Crippen LogP contribution in [0.15, 0.2) is 17.2 Å². The molecule has 0 saturated carbocycles. The first-order valence-corrected chi connectivity index (χ1v) is 6.87. The number of hydrogen-bond donors (Lipinski definition) is 1. The molecule has 1 N–H and O–H groups in total. The molecule has 2 rings (SSSR count). The van der Waals surface area contributed by atoms with Gasteiger partial charge in [0.05, 0.1) is 0 Å². The van der Waals surface area contributed by atoms with Crippen LogP contribution in [0.4, 0.5) is 5.82 Å². The zero-order valence-corrected chi connectivity index (χ0v) is 12.0. The number of anilines is 1. The molecule has 1 atom stereocenters. The third-order valence-electron chi connectivity index (χ3n) is 3.67. The zero-order valence-electron chi connectivity index (χ0n) is 12.0. The smallest absolute Gasteiger partial charge is 0.293 e. The van der Waals surface area contributed by atoms with E-state index < -0.39 is 0 Å². The molecule has 5 heteroatoms. The number of aliphatic hydroxyl groups is 1. The van der Waals surface area contributed by atoms with Crippen LogP contribution < -0.4 is 10.5 Å². The lowest BCUT2D eigenvalue weighted by atomic mass is 10.1. The molecule has 0 amide bonds. The van der Waals surface area contributed by atoms with Crippen molar-refractivity contribution in [2.75, 3.05) is 24.6 Å². The van der Waals surface area contributed by atoms with Gasteiger partial charge in [0.1, 0.15) is 0 Å². The average Bonchev–Trinajstić information content (AvgIpc) is 2.76. The molecule has 1 aromatic heterocycles. The van der Waals surface area contributed by atoms with E-state index in [1.54, 1.807) is 17.0 Å². The Kier molecular flexibility index (Phi) is 3.94. The molecule has 1 aliphatic heterocycles. The van der Waals surface area contributed by atoms with Gasteiger partial charge in [-0.05, 0) is 39.5 Å². The highest BCUT2D eigenvalue weighted by atomic mass is 16.3. The first-order valence-electron chi connectivity index (χ1n) is 6.87. The third kappa shape index (κ3) is 2.97. The fraction of sp³-hybridized carbons (Fsp3) is 0.714. The van der Waals surface area contributed by atoms with Crippen molar-refractivity contribution in [2.24, 2.45) is 5.92 Å². The van der Waals surface area contributed by atoms with Crippen molar-refractivity contribution in [3.05, 3.63) is 22.7 Å². The summed E-state index contributed by atoms with van der Waals surface area (Å²) < 4.78 is 1.73. The SMILES string of the molecule is CC(C)(C)n1ccnc(N2CCC(CCO)C2)c1=O. The predicted molar refractivity (Wildman–Crippen MR) is 75.5 cm³/mol. The van der Waals surface area contributed by atoms with Crippen LogP contribution in [-0.2, 0) is 5.54 Å². The second-order valence-corrected chi connectivity index (χ2v) is 6.21. The van der Waals surface area contributed by atoms with Crippen LogP contribution in [0, 0.1) is 5.92 Å². The molecule has 106 valence electrons. The summed E-state index contributed by atoms with van der Waals surface area (Å²) >= 11 is 0. The van der Waals surface area contributed by atoms with Crippen LogP contribution in [0.25, 0.3) is 0 Å². The van der Waals surface area contributed by atoms with E-state index in [4.69, 9.17) is 5.11 Å². The molecule has 1 aliphatic rings. The van der Waals surface area contributed by atoms with E-state index in [2.05, 4.69) is 4.98 Å². The Balaban J connectivity index is 2.25. The van der Waals surface area contributed by atoms with Crippen LogP contribution in [0.2, 0.25) is 0 Å². The quantitative estimate of drug-likeness (QED) is 0.892. The second kappa shape index (κ2) is 5.33. The van der Waals surface area contributed by atoms with Crippen molar-refractivity contribution in [3.63, 3.8) is 0 Å². The van der Waals surface area contributed by atoms with E-state index in [1.807, 2.05) is 25.7 Å². The molecule has 1 fully saturated rings. The van der Waals surface area contributed by atoms with Crippen molar-refractivity contribution in [1.29, 1.82) is 0 Å². The van der Waals surface area contributed by atoms with Crippen LogP contribution in [-0.4, -0.2) is 34.4 Å². The maximum Gasteiger partial charge on any atom is 0.293 e. The van der Waals surface area contributed by atoms with Gasteiger partial charge in [-0.15, -0.1) is 0 Å². The summed E-state index contributed by atoms with van der Waals surface area (Å²) in [5.41, 5.74) is -0.265. The van der Waals surface area contributed by atoms with Gasteiger partial charge in [-0.1, -0.05) is 0 Å². The van der Waals surface area contributed by atoms with Gasteiger partial charge in [0, 0.05) is 37.6 Å². The van der Waals surface area contributed by atoms with Gasteiger partial charge < -0.3 is 14.6 Å². The highest BCUT2D eigenvalue weighted by Gasteiger charge is 2.26.